The number of nitrogens with two attached hydrogens (primary N) is 1. The molecule has 0 bridgehead atoms. The van der Waals surface area contributed by atoms with Crippen LogP contribution < -0.4 is 11.1 Å². The molecule has 0 unspecified atom stereocenters. The van der Waals surface area contributed by atoms with Crippen LogP contribution in [0.15, 0.2) is 29.2 Å². The minimum atomic E-state index is -4.06. The van der Waals surface area contributed by atoms with E-state index < -0.39 is 34.4 Å². The fraction of sp³-hybridized carbons (Fsp3) is 0.100. The van der Waals surface area contributed by atoms with Gasteiger partial charge in [0.25, 0.3) is 15.9 Å². The van der Waals surface area contributed by atoms with Crippen molar-refractivity contribution in [2.45, 2.75) is 4.90 Å². The first-order valence-electron chi connectivity index (χ1n) is 5.09. The van der Waals surface area contributed by atoms with Crippen LogP contribution in [0.3, 0.4) is 0 Å². The van der Waals surface area contributed by atoms with Crippen molar-refractivity contribution >= 4 is 27.9 Å². The Morgan fingerprint density at radius 3 is 2.47 bits per heavy atom. The molecule has 0 aromatic heterocycles. The minimum Gasteiger partial charge on any atom is -0.351 e. The van der Waals surface area contributed by atoms with E-state index >= 15 is 0 Å². The number of hydrogen-bond donors (Lipinski definition) is 2. The lowest BCUT2D eigenvalue weighted by atomic mass is 10.2. The molecule has 100 valence electrons. The third kappa shape index (κ3) is 2.15. The molecule has 0 saturated heterocycles. The smallest absolute Gasteiger partial charge is 0.318 e. The van der Waals surface area contributed by atoms with Gasteiger partial charge in [0, 0.05) is 0 Å². The Balaban J connectivity index is 2.33. The zero-order valence-electron chi connectivity index (χ0n) is 9.49. The summed E-state index contributed by atoms with van der Waals surface area (Å²) in [6.07, 6.45) is 0. The number of primary amides is 1. The summed E-state index contributed by atoms with van der Waals surface area (Å²) in [6.45, 7) is -0.793. The maximum Gasteiger partial charge on any atom is 0.318 e. The van der Waals surface area contributed by atoms with Gasteiger partial charge in [-0.15, -0.1) is 0 Å². The largest absolute Gasteiger partial charge is 0.351 e. The van der Waals surface area contributed by atoms with Crippen molar-refractivity contribution in [2.75, 3.05) is 6.54 Å². The minimum absolute atomic E-state index is 0.00521. The lowest BCUT2D eigenvalue weighted by Crippen LogP contribution is -2.44. The molecule has 8 nitrogen and oxygen atoms in total. The Morgan fingerprint density at radius 2 is 1.89 bits per heavy atom. The van der Waals surface area contributed by atoms with Gasteiger partial charge in [-0.2, -0.15) is 0 Å². The second-order valence-corrected chi connectivity index (χ2v) is 5.56. The van der Waals surface area contributed by atoms with Crippen molar-refractivity contribution in [2.24, 2.45) is 5.73 Å². The van der Waals surface area contributed by atoms with Gasteiger partial charge in [-0.25, -0.2) is 17.5 Å². The quantitative estimate of drug-likeness (QED) is 0.721. The van der Waals surface area contributed by atoms with E-state index in [2.05, 4.69) is 0 Å². The number of nitrogens with one attached hydrogen (secondary N) is 1. The van der Waals surface area contributed by atoms with Crippen LogP contribution in [0.5, 0.6) is 0 Å². The van der Waals surface area contributed by atoms with E-state index in [0.717, 1.165) is 0 Å². The number of carbonyl (C=O) groups excluding carboxylic acids is 3. The van der Waals surface area contributed by atoms with Gasteiger partial charge in [0.2, 0.25) is 5.91 Å². The maximum atomic E-state index is 12.0. The van der Waals surface area contributed by atoms with Crippen molar-refractivity contribution in [3.05, 3.63) is 29.8 Å². The third-order valence-electron chi connectivity index (χ3n) is 2.46. The lowest BCUT2D eigenvalue weighted by molar-refractivity contribution is -0.119. The van der Waals surface area contributed by atoms with E-state index in [1.54, 1.807) is 5.32 Å². The van der Waals surface area contributed by atoms with Crippen molar-refractivity contribution in [1.82, 2.24) is 9.62 Å². The van der Waals surface area contributed by atoms with Crippen LogP contribution in [0.2, 0.25) is 0 Å². The molecule has 9 heteroatoms. The van der Waals surface area contributed by atoms with Gasteiger partial charge < -0.3 is 5.73 Å². The summed E-state index contributed by atoms with van der Waals surface area (Å²) in [5.74, 6) is -1.78. The molecular formula is C10H9N3O5S. The van der Waals surface area contributed by atoms with Crippen LogP contribution in [0.4, 0.5) is 4.79 Å². The number of fused-ring (bicyclic) bond motifs is 1. The monoisotopic (exact) mass is 283 g/mol. The normalized spacial score (nSPS) is 16.0. The number of sulfonamides is 1. The van der Waals surface area contributed by atoms with E-state index in [1.165, 1.54) is 24.3 Å². The number of urea groups is 1. The average molecular weight is 283 g/mol. The number of amides is 4. The Bertz CT molecular complexity index is 682. The molecule has 3 N–H and O–H groups in total. The second kappa shape index (κ2) is 4.35. The molecule has 1 aliphatic rings. The third-order valence-corrected chi connectivity index (χ3v) is 4.25. The van der Waals surface area contributed by atoms with Gasteiger partial charge in [-0.3, -0.25) is 14.9 Å². The summed E-state index contributed by atoms with van der Waals surface area (Å²) in [7, 11) is -4.06. The molecule has 4 amide bonds. The Labute approximate surface area is 108 Å². The van der Waals surface area contributed by atoms with E-state index in [9.17, 15) is 22.8 Å². The van der Waals surface area contributed by atoms with E-state index in [4.69, 9.17) is 5.73 Å². The standard InChI is InChI=1S/C10H9N3O5S/c11-10(16)12-8(14)5-13-9(15)6-3-1-2-4-7(6)19(13,17)18/h1-4H,5H2,(H3,11,12,14,16). The number of rotatable bonds is 2. The molecule has 0 atom stereocenters. The first-order valence-corrected chi connectivity index (χ1v) is 6.53. The Kier molecular flexibility index (Phi) is 2.98. The summed E-state index contributed by atoms with van der Waals surface area (Å²) < 4.78 is 24.4. The highest BCUT2D eigenvalue weighted by Crippen LogP contribution is 2.29. The summed E-state index contributed by atoms with van der Waals surface area (Å²) in [5, 5.41) is 1.70. The van der Waals surface area contributed by atoms with Gasteiger partial charge in [-0.05, 0) is 12.1 Å². The molecule has 0 spiro atoms. The van der Waals surface area contributed by atoms with Gasteiger partial charge in [0.1, 0.15) is 11.4 Å². The van der Waals surface area contributed by atoms with Gasteiger partial charge >= 0.3 is 6.03 Å². The van der Waals surface area contributed by atoms with Crippen LogP contribution >= 0.6 is 0 Å². The first-order chi connectivity index (χ1) is 8.84. The SMILES string of the molecule is NC(=O)NC(=O)CN1C(=O)c2ccccc2S1(=O)=O. The predicted molar refractivity (Wildman–Crippen MR) is 62.4 cm³/mol. The summed E-state index contributed by atoms with van der Waals surface area (Å²) in [5.41, 5.74) is 4.73. The number of imide groups is 1. The highest BCUT2D eigenvalue weighted by Gasteiger charge is 2.41. The zero-order chi connectivity index (χ0) is 14.2. The fourth-order valence-corrected chi connectivity index (χ4v) is 3.22. The molecular weight excluding hydrogens is 274 g/mol. The van der Waals surface area contributed by atoms with Gasteiger partial charge in [-0.1, -0.05) is 12.1 Å². The summed E-state index contributed by atoms with van der Waals surface area (Å²) in [6, 6.07) is 4.48. The Hall–Kier alpha value is -2.42. The molecule has 0 radical (unpaired) electrons. The highest BCUT2D eigenvalue weighted by molar-refractivity contribution is 7.90. The fourth-order valence-electron chi connectivity index (χ4n) is 1.69. The zero-order valence-corrected chi connectivity index (χ0v) is 10.3. The van der Waals surface area contributed by atoms with Crippen LogP contribution in [0, 0.1) is 0 Å². The number of carbonyl (C=O) groups is 3. The van der Waals surface area contributed by atoms with Crippen LogP contribution in [-0.4, -0.2) is 37.1 Å². The lowest BCUT2D eigenvalue weighted by Gasteiger charge is -2.13. The molecule has 1 aromatic rings. The first kappa shape index (κ1) is 13.0. The predicted octanol–water partition coefficient (Wildman–Crippen LogP) is -0.974. The van der Waals surface area contributed by atoms with Crippen molar-refractivity contribution in [3.8, 4) is 0 Å². The van der Waals surface area contributed by atoms with Gasteiger partial charge in [0.05, 0.1) is 5.56 Å². The van der Waals surface area contributed by atoms with Crippen LogP contribution in [-0.2, 0) is 14.8 Å². The van der Waals surface area contributed by atoms with E-state index in [1.807, 2.05) is 0 Å². The molecule has 0 aliphatic carbocycles. The Morgan fingerprint density at radius 1 is 1.26 bits per heavy atom. The summed E-state index contributed by atoms with van der Waals surface area (Å²) in [4.78, 5) is 33.5. The highest BCUT2D eigenvalue weighted by atomic mass is 32.2. The average Bonchev–Trinajstić information content (AvgIpc) is 2.51. The molecule has 1 aromatic carbocycles. The van der Waals surface area contributed by atoms with Crippen molar-refractivity contribution in [1.29, 1.82) is 0 Å². The van der Waals surface area contributed by atoms with Crippen LogP contribution in [0.1, 0.15) is 10.4 Å². The number of nitrogens with zero attached hydrogens (tertiary/aromatic N) is 1. The topological polar surface area (TPSA) is 127 Å². The second-order valence-electron chi connectivity index (χ2n) is 3.73. The molecule has 19 heavy (non-hydrogen) atoms. The van der Waals surface area contributed by atoms with Crippen LogP contribution in [0.25, 0.3) is 0 Å². The van der Waals surface area contributed by atoms with E-state index in [0.29, 0.717) is 4.31 Å². The molecule has 1 heterocycles. The van der Waals surface area contributed by atoms with E-state index in [-0.39, 0.29) is 10.5 Å². The maximum absolute atomic E-state index is 12.0. The molecule has 2 rings (SSSR count). The molecule has 1 aliphatic heterocycles. The van der Waals surface area contributed by atoms with Crippen molar-refractivity contribution in [3.63, 3.8) is 0 Å². The summed E-state index contributed by atoms with van der Waals surface area (Å²) >= 11 is 0. The number of hydrogen-bond acceptors (Lipinski definition) is 5. The molecule has 0 fully saturated rings. The molecule has 0 saturated carbocycles. The van der Waals surface area contributed by atoms with Crippen molar-refractivity contribution < 1.29 is 22.8 Å². The number of benzene rings is 1. The van der Waals surface area contributed by atoms with Gasteiger partial charge in [0.15, 0.2) is 0 Å².